The van der Waals surface area contributed by atoms with Crippen LogP contribution in [0.3, 0.4) is 0 Å². The quantitative estimate of drug-likeness (QED) is 0.501. The van der Waals surface area contributed by atoms with Gasteiger partial charge in [-0.1, -0.05) is 18.2 Å². The minimum absolute atomic E-state index is 0.134. The molecule has 0 atom stereocenters. The molecule has 1 fully saturated rings. The first-order valence-corrected chi connectivity index (χ1v) is 10.3. The fraction of sp³-hybridized carbons (Fsp3) is 0.333. The van der Waals surface area contributed by atoms with E-state index in [1.54, 1.807) is 0 Å². The zero-order chi connectivity index (χ0) is 21.9. The first-order chi connectivity index (χ1) is 14.0. The Morgan fingerprint density at radius 1 is 1.03 bits per heavy atom. The predicted molar refractivity (Wildman–Crippen MR) is 100 cm³/mol. The van der Waals surface area contributed by atoms with Crippen molar-refractivity contribution >= 4 is 15.7 Å². The molecule has 3 rings (SSSR count). The number of sulfonamides is 1. The average Bonchev–Trinajstić information content (AvgIpc) is 2.69. The van der Waals surface area contributed by atoms with Gasteiger partial charge < -0.3 is 4.74 Å². The number of piperazine rings is 1. The van der Waals surface area contributed by atoms with E-state index in [0.29, 0.717) is 19.6 Å². The van der Waals surface area contributed by atoms with Crippen molar-refractivity contribution in [2.45, 2.75) is 17.8 Å². The number of nitrogens with zero attached hydrogens (tertiary/aromatic N) is 3. The molecule has 12 heteroatoms. The van der Waals surface area contributed by atoms with Crippen LogP contribution in [0, 0.1) is 10.1 Å². The number of hydrogen-bond acceptors (Lipinski definition) is 6. The van der Waals surface area contributed by atoms with Crippen molar-refractivity contribution in [1.82, 2.24) is 9.21 Å². The molecule has 30 heavy (non-hydrogen) atoms. The molecule has 0 amide bonds. The van der Waals surface area contributed by atoms with Crippen LogP contribution in [0.25, 0.3) is 0 Å². The van der Waals surface area contributed by atoms with Crippen molar-refractivity contribution in [3.05, 3.63) is 64.2 Å². The van der Waals surface area contributed by atoms with Gasteiger partial charge in [0.05, 0.1) is 9.82 Å². The Bertz CT molecular complexity index is 1000. The second-order valence-electron chi connectivity index (χ2n) is 6.63. The third kappa shape index (κ3) is 5.46. The molecule has 0 bridgehead atoms. The molecular formula is C18H18F3N3O5S. The number of rotatable bonds is 6. The fourth-order valence-corrected chi connectivity index (χ4v) is 4.55. The Balaban J connectivity index is 1.59. The lowest BCUT2D eigenvalue weighted by atomic mass is 10.2. The van der Waals surface area contributed by atoms with Crippen molar-refractivity contribution in [2.75, 3.05) is 26.2 Å². The van der Waals surface area contributed by atoms with Gasteiger partial charge >= 0.3 is 6.36 Å². The van der Waals surface area contributed by atoms with Crippen LogP contribution < -0.4 is 4.74 Å². The van der Waals surface area contributed by atoms with E-state index in [2.05, 4.69) is 4.74 Å². The van der Waals surface area contributed by atoms with Gasteiger partial charge in [-0.25, -0.2) is 8.42 Å². The van der Waals surface area contributed by atoms with E-state index in [-0.39, 0.29) is 29.4 Å². The van der Waals surface area contributed by atoms with Crippen LogP contribution in [0.5, 0.6) is 5.75 Å². The molecule has 0 aromatic heterocycles. The standard InChI is InChI=1S/C18H18F3N3O5S/c19-18(20,21)29-16-6-4-14(5-7-16)13-22-8-10-23(11-9-22)30(27,28)17-3-1-2-15(12-17)24(25)26/h1-7,12H,8-11,13H2. The summed E-state index contributed by atoms with van der Waals surface area (Å²) in [4.78, 5) is 12.1. The van der Waals surface area contributed by atoms with E-state index < -0.39 is 21.3 Å². The van der Waals surface area contributed by atoms with Gasteiger partial charge in [-0.2, -0.15) is 4.31 Å². The maximum Gasteiger partial charge on any atom is 0.573 e. The lowest BCUT2D eigenvalue weighted by Gasteiger charge is -2.34. The largest absolute Gasteiger partial charge is 0.573 e. The van der Waals surface area contributed by atoms with Crippen LogP contribution in [0.4, 0.5) is 18.9 Å². The maximum absolute atomic E-state index is 12.8. The minimum atomic E-state index is -4.75. The number of nitro benzene ring substituents is 1. The van der Waals surface area contributed by atoms with Crippen molar-refractivity contribution in [2.24, 2.45) is 0 Å². The third-order valence-corrected chi connectivity index (χ3v) is 6.46. The number of alkyl halides is 3. The molecule has 0 radical (unpaired) electrons. The highest BCUT2D eigenvalue weighted by Crippen LogP contribution is 2.24. The van der Waals surface area contributed by atoms with Crippen LogP contribution >= 0.6 is 0 Å². The fourth-order valence-electron chi connectivity index (χ4n) is 3.09. The SMILES string of the molecule is O=[N+]([O-])c1cccc(S(=O)(=O)N2CCN(Cc3ccc(OC(F)(F)F)cc3)CC2)c1. The van der Waals surface area contributed by atoms with Crippen LogP contribution in [-0.4, -0.2) is 55.1 Å². The summed E-state index contributed by atoms with van der Waals surface area (Å²) < 4.78 is 67.3. The normalized spacial score (nSPS) is 16.4. The van der Waals surface area contributed by atoms with Crippen LogP contribution in [0.15, 0.2) is 53.4 Å². The molecular weight excluding hydrogens is 427 g/mol. The van der Waals surface area contributed by atoms with Gasteiger partial charge in [-0.15, -0.1) is 13.2 Å². The molecule has 1 aliphatic heterocycles. The second-order valence-corrected chi connectivity index (χ2v) is 8.56. The van der Waals surface area contributed by atoms with Crippen LogP contribution in [-0.2, 0) is 16.6 Å². The van der Waals surface area contributed by atoms with Crippen molar-refractivity contribution in [1.29, 1.82) is 0 Å². The lowest BCUT2D eigenvalue weighted by Crippen LogP contribution is -2.48. The van der Waals surface area contributed by atoms with Gasteiger partial charge in [-0.05, 0) is 23.8 Å². The number of benzene rings is 2. The van der Waals surface area contributed by atoms with Gasteiger partial charge in [0.25, 0.3) is 5.69 Å². The smallest absolute Gasteiger partial charge is 0.406 e. The number of non-ortho nitro benzene ring substituents is 1. The topological polar surface area (TPSA) is 93.0 Å². The summed E-state index contributed by atoms with van der Waals surface area (Å²) >= 11 is 0. The van der Waals surface area contributed by atoms with Gasteiger partial charge in [0.15, 0.2) is 0 Å². The Hall–Kier alpha value is -2.70. The van der Waals surface area contributed by atoms with Crippen LogP contribution in [0.1, 0.15) is 5.56 Å². The molecule has 0 unspecified atom stereocenters. The number of nitro groups is 1. The van der Waals surface area contributed by atoms with Crippen molar-refractivity contribution in [3.63, 3.8) is 0 Å². The second kappa shape index (κ2) is 8.58. The highest BCUT2D eigenvalue weighted by Gasteiger charge is 2.31. The number of halogens is 3. The van der Waals surface area contributed by atoms with Crippen LogP contribution in [0.2, 0.25) is 0 Å². The highest BCUT2D eigenvalue weighted by atomic mass is 32.2. The third-order valence-electron chi connectivity index (χ3n) is 4.56. The average molecular weight is 445 g/mol. The van der Waals surface area contributed by atoms with Gasteiger partial charge in [0, 0.05) is 44.9 Å². The minimum Gasteiger partial charge on any atom is -0.406 e. The van der Waals surface area contributed by atoms with Gasteiger partial charge in [0.1, 0.15) is 5.75 Å². The molecule has 1 heterocycles. The molecule has 2 aromatic carbocycles. The summed E-state index contributed by atoms with van der Waals surface area (Å²) in [5, 5.41) is 10.9. The van der Waals surface area contributed by atoms with E-state index in [1.807, 2.05) is 4.90 Å². The van der Waals surface area contributed by atoms with Gasteiger partial charge in [0.2, 0.25) is 10.0 Å². The molecule has 1 saturated heterocycles. The molecule has 162 valence electrons. The van der Waals surface area contributed by atoms with E-state index in [0.717, 1.165) is 11.6 Å². The summed E-state index contributed by atoms with van der Waals surface area (Å²) in [6.45, 7) is 1.65. The van der Waals surface area contributed by atoms with Crippen molar-refractivity contribution in [3.8, 4) is 5.75 Å². The molecule has 0 N–H and O–H groups in total. The summed E-state index contributed by atoms with van der Waals surface area (Å²) in [7, 11) is -3.86. The number of hydrogen-bond donors (Lipinski definition) is 0. The van der Waals surface area contributed by atoms with E-state index >= 15 is 0 Å². The summed E-state index contributed by atoms with van der Waals surface area (Å²) in [5.41, 5.74) is 0.465. The molecule has 0 spiro atoms. The summed E-state index contributed by atoms with van der Waals surface area (Å²) in [5.74, 6) is -0.306. The molecule has 2 aromatic rings. The Morgan fingerprint density at radius 3 is 2.23 bits per heavy atom. The molecule has 8 nitrogen and oxygen atoms in total. The lowest BCUT2D eigenvalue weighted by molar-refractivity contribution is -0.385. The predicted octanol–water partition coefficient (Wildman–Crippen LogP) is 3.00. The highest BCUT2D eigenvalue weighted by molar-refractivity contribution is 7.89. The Labute approximate surface area is 170 Å². The maximum atomic E-state index is 12.8. The van der Waals surface area contributed by atoms with Gasteiger partial charge in [-0.3, -0.25) is 15.0 Å². The van der Waals surface area contributed by atoms with E-state index in [9.17, 15) is 31.7 Å². The zero-order valence-electron chi connectivity index (χ0n) is 15.6. The summed E-state index contributed by atoms with van der Waals surface area (Å²) in [6, 6.07) is 10.4. The van der Waals surface area contributed by atoms with Crippen molar-refractivity contribution < 1.29 is 31.2 Å². The molecule has 0 saturated carbocycles. The first-order valence-electron chi connectivity index (χ1n) is 8.86. The first kappa shape index (κ1) is 22.0. The monoisotopic (exact) mass is 445 g/mol. The van der Waals surface area contributed by atoms with E-state index in [1.165, 1.54) is 46.8 Å². The Morgan fingerprint density at radius 2 is 1.67 bits per heavy atom. The zero-order valence-corrected chi connectivity index (χ0v) is 16.4. The summed E-state index contributed by atoms with van der Waals surface area (Å²) in [6.07, 6.45) is -4.75. The molecule has 0 aliphatic carbocycles. The van der Waals surface area contributed by atoms with E-state index in [4.69, 9.17) is 0 Å². The number of ether oxygens (including phenoxy) is 1. The Kier molecular flexibility index (Phi) is 6.29. The molecule has 1 aliphatic rings.